The largest absolute Gasteiger partial charge is 0.493 e. The molecule has 10 heteroatoms. The number of hydrogen-bond acceptors (Lipinski definition) is 7. The highest BCUT2D eigenvalue weighted by atomic mass is 16.5. The summed E-state index contributed by atoms with van der Waals surface area (Å²) in [5.74, 6) is -0.581. The predicted octanol–water partition coefficient (Wildman–Crippen LogP) is 2.86. The molecule has 3 aliphatic rings. The summed E-state index contributed by atoms with van der Waals surface area (Å²) in [6.45, 7) is 2.04. The molecule has 0 radical (unpaired) electrons. The van der Waals surface area contributed by atoms with Gasteiger partial charge in [-0.05, 0) is 64.0 Å². The first-order chi connectivity index (χ1) is 17.2. The molecule has 2 fully saturated rings. The Balaban J connectivity index is 0.000000392. The van der Waals surface area contributed by atoms with Crippen molar-refractivity contribution in [2.75, 3.05) is 34.4 Å². The van der Waals surface area contributed by atoms with Gasteiger partial charge in [0.25, 0.3) is 0 Å². The smallest absolute Gasteiger partial charge is 0.328 e. The molecule has 1 aliphatic carbocycles. The Kier molecular flexibility index (Phi) is 9.46. The Bertz CT molecular complexity index is 999. The van der Waals surface area contributed by atoms with Gasteiger partial charge in [-0.1, -0.05) is 12.8 Å². The van der Waals surface area contributed by atoms with E-state index < -0.39 is 11.9 Å². The third-order valence-corrected chi connectivity index (χ3v) is 6.96. The van der Waals surface area contributed by atoms with E-state index in [1.807, 2.05) is 17.1 Å². The van der Waals surface area contributed by atoms with Crippen molar-refractivity contribution in [1.82, 2.24) is 9.91 Å². The standard InChI is InChI=1S/C22H31N3O3.C4H4O4/c1-24-12-10-16(11-13-24)25-22(26)18-7-5-4-6-17(18)21(23-25)15-8-9-19(27-2)20(14-15)28-3;5-3(6)1-2-4(7)8/h8-9,14,16-18H,4-7,10-13H2,1-3H3;1-2H,(H,5,6)(H,7,8)/t17-,18+;/m0./s1. The molecule has 36 heavy (non-hydrogen) atoms. The number of hydrogen-bond donors (Lipinski definition) is 2. The van der Waals surface area contributed by atoms with Crippen molar-refractivity contribution >= 4 is 23.6 Å². The zero-order chi connectivity index (χ0) is 26.2. The number of piperidine rings is 1. The molecule has 1 aromatic carbocycles. The molecule has 0 spiro atoms. The second kappa shape index (κ2) is 12.5. The van der Waals surface area contributed by atoms with Crippen LogP contribution in [0.25, 0.3) is 0 Å². The van der Waals surface area contributed by atoms with Gasteiger partial charge in [0.2, 0.25) is 5.91 Å². The van der Waals surface area contributed by atoms with Crippen molar-refractivity contribution < 1.29 is 34.1 Å². The maximum absolute atomic E-state index is 13.3. The zero-order valence-electron chi connectivity index (χ0n) is 21.1. The highest BCUT2D eigenvalue weighted by Crippen LogP contribution is 2.40. The lowest BCUT2D eigenvalue weighted by molar-refractivity contribution is -0.142. The van der Waals surface area contributed by atoms with E-state index in [4.69, 9.17) is 24.8 Å². The van der Waals surface area contributed by atoms with Crippen molar-refractivity contribution in [1.29, 1.82) is 0 Å². The van der Waals surface area contributed by atoms with Crippen LogP contribution in [0.1, 0.15) is 44.1 Å². The van der Waals surface area contributed by atoms with E-state index >= 15 is 0 Å². The summed E-state index contributed by atoms with van der Waals surface area (Å²) >= 11 is 0. The van der Waals surface area contributed by atoms with E-state index in [1.165, 1.54) is 0 Å². The predicted molar refractivity (Wildman–Crippen MR) is 133 cm³/mol. The van der Waals surface area contributed by atoms with E-state index in [0.717, 1.165) is 62.9 Å². The van der Waals surface area contributed by atoms with Gasteiger partial charge < -0.3 is 24.6 Å². The number of amides is 1. The SMILES string of the molecule is COc1ccc(C2=NN(C3CCN(C)CC3)C(=O)[C@@H]3CCCC[C@H]23)cc1OC.O=C(O)C=CC(=O)O. The number of benzene rings is 1. The minimum absolute atomic E-state index is 0.0639. The first-order valence-corrected chi connectivity index (χ1v) is 12.2. The number of fused-ring (bicyclic) bond motifs is 1. The summed E-state index contributed by atoms with van der Waals surface area (Å²) in [5, 5.41) is 22.4. The van der Waals surface area contributed by atoms with Gasteiger partial charge in [-0.15, -0.1) is 0 Å². The fourth-order valence-electron chi connectivity index (χ4n) is 5.07. The number of carbonyl (C=O) groups excluding carboxylic acids is 1. The average Bonchev–Trinajstić information content (AvgIpc) is 2.88. The number of ether oxygens (including phenoxy) is 2. The van der Waals surface area contributed by atoms with Crippen LogP contribution in [0.4, 0.5) is 0 Å². The maximum atomic E-state index is 13.3. The molecule has 4 rings (SSSR count). The first-order valence-electron chi connectivity index (χ1n) is 12.2. The van der Waals surface area contributed by atoms with Crippen LogP contribution in [0.3, 0.4) is 0 Å². The summed E-state index contributed by atoms with van der Waals surface area (Å²) in [7, 11) is 5.44. The monoisotopic (exact) mass is 501 g/mol. The number of aliphatic carboxylic acids is 2. The Labute approximate surface area is 211 Å². The molecule has 1 aromatic rings. The Morgan fingerprint density at radius 2 is 1.53 bits per heavy atom. The summed E-state index contributed by atoms with van der Waals surface area (Å²) in [4.78, 5) is 34.7. The number of likely N-dealkylation sites (tertiary alicyclic amines) is 1. The fourth-order valence-corrected chi connectivity index (χ4v) is 5.07. The highest BCUT2D eigenvalue weighted by molar-refractivity contribution is 6.07. The molecule has 196 valence electrons. The third kappa shape index (κ3) is 6.63. The molecule has 0 aromatic heterocycles. The number of nitrogens with zero attached hydrogens (tertiary/aromatic N) is 3. The minimum atomic E-state index is -1.26. The van der Waals surface area contributed by atoms with Crippen LogP contribution in [-0.2, 0) is 14.4 Å². The normalized spacial score (nSPS) is 22.8. The van der Waals surface area contributed by atoms with Gasteiger partial charge in [-0.3, -0.25) is 4.79 Å². The zero-order valence-corrected chi connectivity index (χ0v) is 21.1. The van der Waals surface area contributed by atoms with Crippen molar-refractivity contribution in [3.63, 3.8) is 0 Å². The van der Waals surface area contributed by atoms with Gasteiger partial charge in [0, 0.05) is 29.6 Å². The highest BCUT2D eigenvalue weighted by Gasteiger charge is 2.43. The first kappa shape index (κ1) is 27.2. The average molecular weight is 502 g/mol. The fraction of sp³-hybridized carbons (Fsp3) is 0.538. The molecule has 2 atom stereocenters. The van der Waals surface area contributed by atoms with Crippen LogP contribution >= 0.6 is 0 Å². The van der Waals surface area contributed by atoms with Gasteiger partial charge in [0.05, 0.1) is 26.0 Å². The van der Waals surface area contributed by atoms with E-state index in [-0.39, 0.29) is 23.8 Å². The molecule has 2 N–H and O–H groups in total. The summed E-state index contributed by atoms with van der Waals surface area (Å²) in [5.41, 5.74) is 2.09. The van der Waals surface area contributed by atoms with Crippen molar-refractivity contribution in [2.24, 2.45) is 16.9 Å². The van der Waals surface area contributed by atoms with Gasteiger partial charge in [0.1, 0.15) is 0 Å². The molecule has 2 aliphatic heterocycles. The lowest BCUT2D eigenvalue weighted by Gasteiger charge is -2.43. The molecule has 0 unspecified atom stereocenters. The summed E-state index contributed by atoms with van der Waals surface area (Å²) < 4.78 is 10.9. The number of carboxylic acid groups (broad SMARTS) is 2. The molecule has 1 saturated carbocycles. The third-order valence-electron chi connectivity index (χ3n) is 6.96. The Hall–Kier alpha value is -3.40. The lowest BCUT2D eigenvalue weighted by atomic mass is 9.73. The van der Waals surface area contributed by atoms with E-state index in [9.17, 15) is 14.4 Å². The number of hydrazone groups is 1. The van der Waals surface area contributed by atoms with Crippen LogP contribution in [0, 0.1) is 11.8 Å². The molecule has 1 amide bonds. The van der Waals surface area contributed by atoms with Crippen LogP contribution in [-0.4, -0.2) is 84.1 Å². The summed E-state index contributed by atoms with van der Waals surface area (Å²) in [6, 6.07) is 6.20. The second-order valence-corrected chi connectivity index (χ2v) is 9.28. The number of carboxylic acids is 2. The number of methoxy groups -OCH3 is 2. The van der Waals surface area contributed by atoms with Crippen molar-refractivity contribution in [3.05, 3.63) is 35.9 Å². The molecular weight excluding hydrogens is 466 g/mol. The van der Waals surface area contributed by atoms with Crippen LogP contribution in [0.5, 0.6) is 11.5 Å². The van der Waals surface area contributed by atoms with Gasteiger partial charge in [-0.2, -0.15) is 5.10 Å². The Morgan fingerprint density at radius 1 is 0.944 bits per heavy atom. The van der Waals surface area contributed by atoms with Gasteiger partial charge >= 0.3 is 11.9 Å². The summed E-state index contributed by atoms with van der Waals surface area (Å²) in [6.07, 6.45) is 7.39. The van der Waals surface area contributed by atoms with E-state index in [1.54, 1.807) is 14.2 Å². The maximum Gasteiger partial charge on any atom is 0.328 e. The second-order valence-electron chi connectivity index (χ2n) is 9.28. The Morgan fingerprint density at radius 3 is 2.08 bits per heavy atom. The number of rotatable bonds is 6. The van der Waals surface area contributed by atoms with Gasteiger partial charge in [0.15, 0.2) is 11.5 Å². The van der Waals surface area contributed by atoms with Crippen LogP contribution in [0.15, 0.2) is 35.5 Å². The molecule has 0 bridgehead atoms. The van der Waals surface area contributed by atoms with Crippen LogP contribution in [0.2, 0.25) is 0 Å². The van der Waals surface area contributed by atoms with Gasteiger partial charge in [-0.25, -0.2) is 14.6 Å². The molecule has 2 heterocycles. The molecule has 1 saturated heterocycles. The van der Waals surface area contributed by atoms with E-state index in [0.29, 0.717) is 23.7 Å². The topological polar surface area (TPSA) is 129 Å². The van der Waals surface area contributed by atoms with Crippen LogP contribution < -0.4 is 9.47 Å². The van der Waals surface area contributed by atoms with Crippen molar-refractivity contribution in [3.8, 4) is 11.5 Å². The van der Waals surface area contributed by atoms with E-state index in [2.05, 4.69) is 18.0 Å². The minimum Gasteiger partial charge on any atom is -0.493 e. The lowest BCUT2D eigenvalue weighted by Crippen LogP contribution is -2.52. The number of carbonyl (C=O) groups is 3. The quantitative estimate of drug-likeness (QED) is 0.570. The molecule has 10 nitrogen and oxygen atoms in total. The molecular formula is C26H35N3O7. The van der Waals surface area contributed by atoms with Crippen molar-refractivity contribution in [2.45, 2.75) is 44.6 Å².